The van der Waals surface area contributed by atoms with Gasteiger partial charge in [0.05, 0.1) is 6.61 Å². The molecule has 2 unspecified atom stereocenters. The van der Waals surface area contributed by atoms with Crippen LogP contribution in [0, 0.1) is 0 Å². The van der Waals surface area contributed by atoms with Crippen LogP contribution in [0.25, 0.3) is 10.1 Å². The van der Waals surface area contributed by atoms with E-state index in [0.717, 1.165) is 30.2 Å². The first-order valence-corrected chi connectivity index (χ1v) is 10.4. The fraction of sp³-hybridized carbons (Fsp3) is 0.318. The highest BCUT2D eigenvalue weighted by molar-refractivity contribution is 14.0. The third-order valence-electron chi connectivity index (χ3n) is 5.06. The number of aliphatic hydroxyl groups is 1. The molecule has 154 valence electrons. The van der Waals surface area contributed by atoms with E-state index >= 15 is 0 Å². The summed E-state index contributed by atoms with van der Waals surface area (Å²) in [6.07, 6.45) is 0.408. The summed E-state index contributed by atoms with van der Waals surface area (Å²) < 4.78 is 6.93. The van der Waals surface area contributed by atoms with Gasteiger partial charge in [-0.2, -0.15) is 0 Å². The molecule has 0 amide bonds. The Morgan fingerprint density at radius 2 is 2.00 bits per heavy atom. The Morgan fingerprint density at radius 1 is 1.21 bits per heavy atom. The minimum Gasteiger partial charge on any atom is -0.493 e. The van der Waals surface area contributed by atoms with Gasteiger partial charge in [-0.1, -0.05) is 36.4 Å². The van der Waals surface area contributed by atoms with Crippen LogP contribution in [0.2, 0.25) is 0 Å². The number of nitrogens with one attached hydrogen (secondary N) is 2. The van der Waals surface area contributed by atoms with E-state index in [2.05, 4.69) is 46.0 Å². The second-order valence-corrected chi connectivity index (χ2v) is 8.02. The molecule has 0 bridgehead atoms. The molecular formula is C22H26IN3O2S. The molecule has 0 aliphatic carbocycles. The van der Waals surface area contributed by atoms with Crippen molar-refractivity contribution in [3.05, 3.63) is 65.0 Å². The summed E-state index contributed by atoms with van der Waals surface area (Å²) >= 11 is 1.63. The number of rotatable bonds is 5. The molecule has 2 aromatic carbocycles. The van der Waals surface area contributed by atoms with E-state index in [1.807, 2.05) is 24.3 Å². The molecule has 0 fully saturated rings. The number of guanidine groups is 1. The van der Waals surface area contributed by atoms with E-state index in [1.54, 1.807) is 18.4 Å². The van der Waals surface area contributed by atoms with Crippen LogP contribution >= 0.6 is 35.3 Å². The molecule has 2 atom stereocenters. The van der Waals surface area contributed by atoms with E-state index in [9.17, 15) is 5.11 Å². The fourth-order valence-corrected chi connectivity index (χ4v) is 4.58. The van der Waals surface area contributed by atoms with Crippen molar-refractivity contribution in [2.45, 2.75) is 18.4 Å². The number of aliphatic hydroxyl groups excluding tert-OH is 1. The molecule has 7 heteroatoms. The summed E-state index contributed by atoms with van der Waals surface area (Å²) in [5, 5.41) is 18.4. The third kappa shape index (κ3) is 5.21. The Labute approximate surface area is 192 Å². The van der Waals surface area contributed by atoms with Crippen LogP contribution < -0.4 is 15.4 Å². The lowest BCUT2D eigenvalue weighted by molar-refractivity contribution is 0.184. The average Bonchev–Trinajstić information content (AvgIpc) is 3.18. The Morgan fingerprint density at radius 3 is 2.83 bits per heavy atom. The first-order chi connectivity index (χ1) is 13.7. The highest BCUT2D eigenvalue weighted by atomic mass is 127. The number of ether oxygens (including phenoxy) is 1. The normalized spacial score (nSPS) is 17.0. The second kappa shape index (κ2) is 10.3. The summed E-state index contributed by atoms with van der Waals surface area (Å²) in [5.41, 5.74) is 1.24. The van der Waals surface area contributed by atoms with Crippen LogP contribution in [-0.2, 0) is 0 Å². The Bertz CT molecular complexity index is 942. The lowest BCUT2D eigenvalue weighted by Gasteiger charge is -2.26. The maximum absolute atomic E-state index is 10.6. The molecule has 0 spiro atoms. The number of nitrogens with zero attached hydrogens (tertiary/aromatic N) is 1. The summed E-state index contributed by atoms with van der Waals surface area (Å²) in [4.78, 5) is 5.25. The Balaban J connectivity index is 0.00000240. The summed E-state index contributed by atoms with van der Waals surface area (Å²) in [5.74, 6) is 2.06. The zero-order valence-corrected chi connectivity index (χ0v) is 19.4. The lowest BCUT2D eigenvalue weighted by atomic mass is 9.93. The fourth-order valence-electron chi connectivity index (χ4n) is 3.53. The van der Waals surface area contributed by atoms with Crippen LogP contribution in [0.15, 0.2) is 59.6 Å². The van der Waals surface area contributed by atoms with Crippen molar-refractivity contribution in [3.63, 3.8) is 0 Å². The van der Waals surface area contributed by atoms with Crippen molar-refractivity contribution in [1.82, 2.24) is 10.6 Å². The molecule has 1 aromatic heterocycles. The molecule has 5 nitrogen and oxygen atoms in total. The molecule has 0 saturated heterocycles. The van der Waals surface area contributed by atoms with E-state index < -0.39 is 6.10 Å². The van der Waals surface area contributed by atoms with Gasteiger partial charge in [-0.15, -0.1) is 35.3 Å². The third-order valence-corrected chi connectivity index (χ3v) is 6.28. The smallest absolute Gasteiger partial charge is 0.191 e. The van der Waals surface area contributed by atoms with E-state index in [-0.39, 0.29) is 24.0 Å². The minimum absolute atomic E-state index is 0. The first-order valence-electron chi connectivity index (χ1n) is 9.57. The van der Waals surface area contributed by atoms with Crippen LogP contribution in [-0.4, -0.2) is 37.8 Å². The number of halogens is 1. The van der Waals surface area contributed by atoms with Gasteiger partial charge < -0.3 is 20.5 Å². The van der Waals surface area contributed by atoms with E-state index in [0.29, 0.717) is 18.4 Å². The topological polar surface area (TPSA) is 65.9 Å². The quantitative estimate of drug-likeness (QED) is 0.266. The highest BCUT2D eigenvalue weighted by Gasteiger charge is 2.21. The van der Waals surface area contributed by atoms with Gasteiger partial charge in [0.1, 0.15) is 11.9 Å². The van der Waals surface area contributed by atoms with E-state index in [4.69, 9.17) is 4.74 Å². The second-order valence-electron chi connectivity index (χ2n) is 6.91. The first kappa shape index (κ1) is 21.9. The molecule has 4 rings (SSSR count). The van der Waals surface area contributed by atoms with Crippen molar-refractivity contribution >= 4 is 51.4 Å². The lowest BCUT2D eigenvalue weighted by Crippen LogP contribution is -2.41. The molecule has 1 aliphatic rings. The predicted molar refractivity (Wildman–Crippen MR) is 131 cm³/mol. The summed E-state index contributed by atoms with van der Waals surface area (Å²) in [7, 11) is 1.75. The van der Waals surface area contributed by atoms with Crippen LogP contribution in [0.1, 0.15) is 28.9 Å². The molecule has 3 aromatic rings. The van der Waals surface area contributed by atoms with Gasteiger partial charge in [-0.3, -0.25) is 4.99 Å². The number of thiophene rings is 1. The van der Waals surface area contributed by atoms with Gasteiger partial charge in [-0.05, 0) is 35.6 Å². The standard InChI is InChI=1S/C22H25N3O2S.HI/c1-23-22(24-13-16-10-11-27-19-8-4-3-7-17(16)19)25-14-18(26)21-12-15-6-2-5-9-20(15)28-21;/h2-9,12,16,18,26H,10-11,13-14H2,1H3,(H2,23,24,25);1H. The maximum atomic E-state index is 10.6. The number of benzene rings is 2. The largest absolute Gasteiger partial charge is 0.493 e. The summed E-state index contributed by atoms with van der Waals surface area (Å²) in [6.45, 7) is 1.93. The monoisotopic (exact) mass is 523 g/mol. The predicted octanol–water partition coefficient (Wildman–Crippen LogP) is 4.28. The van der Waals surface area contributed by atoms with Crippen LogP contribution in [0.3, 0.4) is 0 Å². The Hall–Kier alpha value is -1.84. The van der Waals surface area contributed by atoms with Crippen molar-refractivity contribution < 1.29 is 9.84 Å². The van der Waals surface area contributed by atoms with Crippen molar-refractivity contribution in [2.24, 2.45) is 4.99 Å². The SMILES string of the molecule is CN=C(NCC(O)c1cc2ccccc2s1)NCC1CCOc2ccccc21.I. The van der Waals surface area contributed by atoms with Gasteiger partial charge in [0.25, 0.3) is 0 Å². The number of aliphatic imine (C=N–C) groups is 1. The van der Waals surface area contributed by atoms with Gasteiger partial charge in [-0.25, -0.2) is 0 Å². The van der Waals surface area contributed by atoms with E-state index in [1.165, 1.54) is 15.6 Å². The Kier molecular flexibility index (Phi) is 7.74. The van der Waals surface area contributed by atoms with Gasteiger partial charge in [0, 0.05) is 35.6 Å². The van der Waals surface area contributed by atoms with Gasteiger partial charge in [0.15, 0.2) is 5.96 Å². The van der Waals surface area contributed by atoms with Gasteiger partial charge in [0.2, 0.25) is 0 Å². The molecule has 2 heterocycles. The molecular weight excluding hydrogens is 497 g/mol. The van der Waals surface area contributed by atoms with Crippen molar-refractivity contribution in [1.29, 1.82) is 0 Å². The summed E-state index contributed by atoms with van der Waals surface area (Å²) in [6, 6.07) is 18.5. The molecule has 1 aliphatic heterocycles. The highest BCUT2D eigenvalue weighted by Crippen LogP contribution is 2.33. The average molecular weight is 523 g/mol. The number of hydrogen-bond donors (Lipinski definition) is 3. The van der Waals surface area contributed by atoms with Gasteiger partial charge >= 0.3 is 0 Å². The zero-order valence-electron chi connectivity index (χ0n) is 16.3. The van der Waals surface area contributed by atoms with Crippen molar-refractivity contribution in [2.75, 3.05) is 26.7 Å². The minimum atomic E-state index is -0.570. The number of fused-ring (bicyclic) bond motifs is 2. The zero-order chi connectivity index (χ0) is 19.3. The number of para-hydroxylation sites is 1. The molecule has 3 N–H and O–H groups in total. The molecule has 0 radical (unpaired) electrons. The van der Waals surface area contributed by atoms with Crippen LogP contribution in [0.4, 0.5) is 0 Å². The molecule has 29 heavy (non-hydrogen) atoms. The van der Waals surface area contributed by atoms with Crippen molar-refractivity contribution in [3.8, 4) is 5.75 Å². The maximum Gasteiger partial charge on any atom is 0.191 e. The van der Waals surface area contributed by atoms with Crippen LogP contribution in [0.5, 0.6) is 5.75 Å². The number of hydrogen-bond acceptors (Lipinski definition) is 4. The molecule has 0 saturated carbocycles.